The van der Waals surface area contributed by atoms with Crippen LogP contribution in [0.15, 0.2) is 28.2 Å². The Bertz CT molecular complexity index is 639. The molecular weight excluding hydrogens is 274 g/mol. The van der Waals surface area contributed by atoms with Gasteiger partial charge in [-0.15, -0.1) is 0 Å². The van der Waals surface area contributed by atoms with Crippen molar-refractivity contribution in [3.05, 3.63) is 28.7 Å². The molecular formula is C10H13N3O5S. The number of amides is 1. The monoisotopic (exact) mass is 287 g/mol. The summed E-state index contributed by atoms with van der Waals surface area (Å²) >= 11 is 0. The molecule has 0 radical (unpaired) electrons. The normalized spacial score (nSPS) is 21.2. The van der Waals surface area contributed by atoms with Gasteiger partial charge in [0.15, 0.2) is 0 Å². The molecule has 1 aromatic heterocycles. The van der Waals surface area contributed by atoms with Crippen LogP contribution in [-0.2, 0) is 19.6 Å². The van der Waals surface area contributed by atoms with E-state index in [0.717, 1.165) is 16.6 Å². The summed E-state index contributed by atoms with van der Waals surface area (Å²) in [6, 6.07) is 0.00503. The minimum Gasteiger partial charge on any atom is -0.378 e. The first-order valence-corrected chi connectivity index (χ1v) is 6.94. The van der Waals surface area contributed by atoms with Crippen molar-refractivity contribution in [2.24, 2.45) is 5.73 Å². The lowest BCUT2D eigenvalue weighted by atomic mass is 10.3. The number of hydrogen-bond donors (Lipinski definition) is 2. The van der Waals surface area contributed by atoms with Crippen molar-refractivity contribution >= 4 is 15.9 Å². The molecule has 1 atom stereocenters. The number of carbonyl (C=O) groups is 1. The zero-order valence-corrected chi connectivity index (χ0v) is 10.7. The summed E-state index contributed by atoms with van der Waals surface area (Å²) < 4.78 is 30.7. The van der Waals surface area contributed by atoms with E-state index < -0.39 is 32.3 Å². The molecule has 1 unspecified atom stereocenters. The number of sulfonamides is 1. The van der Waals surface area contributed by atoms with Crippen LogP contribution in [0.4, 0.5) is 0 Å². The number of hydrogen-bond acceptors (Lipinski definition) is 5. The zero-order chi connectivity index (χ0) is 14.0. The number of ether oxygens (including phenoxy) is 1. The Morgan fingerprint density at radius 1 is 1.53 bits per heavy atom. The van der Waals surface area contributed by atoms with E-state index in [9.17, 15) is 18.0 Å². The maximum absolute atomic E-state index is 12.4. The second kappa shape index (κ2) is 5.11. The quantitative estimate of drug-likeness (QED) is 0.682. The first-order chi connectivity index (χ1) is 8.94. The predicted octanol–water partition coefficient (Wildman–Crippen LogP) is -1.75. The number of pyridine rings is 1. The molecule has 1 aliphatic heterocycles. The highest BCUT2D eigenvalue weighted by Crippen LogP contribution is 2.17. The average Bonchev–Trinajstić information content (AvgIpc) is 2.39. The van der Waals surface area contributed by atoms with Gasteiger partial charge in [0, 0.05) is 25.0 Å². The molecule has 1 aliphatic rings. The van der Waals surface area contributed by atoms with Crippen molar-refractivity contribution in [1.29, 1.82) is 0 Å². The molecule has 9 heteroatoms. The fourth-order valence-electron chi connectivity index (χ4n) is 1.83. The van der Waals surface area contributed by atoms with Crippen LogP contribution < -0.4 is 11.2 Å². The van der Waals surface area contributed by atoms with E-state index in [1.165, 1.54) is 6.20 Å². The van der Waals surface area contributed by atoms with Crippen LogP contribution in [0, 0.1) is 0 Å². The number of rotatable bonds is 3. The molecule has 1 fully saturated rings. The molecule has 3 N–H and O–H groups in total. The summed E-state index contributed by atoms with van der Waals surface area (Å²) in [6.45, 7) is 0.0112. The molecule has 0 aliphatic carbocycles. The summed E-state index contributed by atoms with van der Waals surface area (Å²) in [5.41, 5.74) is 4.51. The minimum atomic E-state index is -4.08. The van der Waals surface area contributed by atoms with Gasteiger partial charge < -0.3 is 15.5 Å². The summed E-state index contributed by atoms with van der Waals surface area (Å²) in [5.74, 6) is -0.810. The predicted molar refractivity (Wildman–Crippen MR) is 64.8 cm³/mol. The molecule has 104 valence electrons. The Morgan fingerprint density at radius 2 is 2.26 bits per heavy atom. The van der Waals surface area contributed by atoms with Gasteiger partial charge in [0.05, 0.1) is 13.2 Å². The number of nitrogens with one attached hydrogen (secondary N) is 1. The number of aromatic amines is 1. The SMILES string of the molecule is NC(=O)C1COCCN1S(=O)(=O)c1c[nH]ccc1=O. The van der Waals surface area contributed by atoms with Crippen molar-refractivity contribution in [2.45, 2.75) is 10.9 Å². The van der Waals surface area contributed by atoms with E-state index in [1.54, 1.807) is 0 Å². The highest BCUT2D eigenvalue weighted by atomic mass is 32.2. The molecule has 19 heavy (non-hydrogen) atoms. The van der Waals surface area contributed by atoms with Gasteiger partial charge >= 0.3 is 0 Å². The van der Waals surface area contributed by atoms with Gasteiger partial charge in [0.25, 0.3) is 0 Å². The lowest BCUT2D eigenvalue weighted by Crippen LogP contribution is -2.55. The van der Waals surface area contributed by atoms with E-state index in [4.69, 9.17) is 10.5 Å². The highest BCUT2D eigenvalue weighted by Gasteiger charge is 2.38. The van der Waals surface area contributed by atoms with Crippen LogP contribution in [0.5, 0.6) is 0 Å². The fourth-order valence-corrected chi connectivity index (χ4v) is 3.44. The second-order valence-corrected chi connectivity index (χ2v) is 5.84. The minimum absolute atomic E-state index is 0.0235. The van der Waals surface area contributed by atoms with Crippen molar-refractivity contribution in [3.8, 4) is 0 Å². The number of nitrogens with two attached hydrogens (primary N) is 1. The molecule has 2 heterocycles. The Hall–Kier alpha value is -1.71. The van der Waals surface area contributed by atoms with Gasteiger partial charge in [0.2, 0.25) is 21.4 Å². The lowest BCUT2D eigenvalue weighted by Gasteiger charge is -2.32. The Balaban J connectivity index is 2.46. The van der Waals surface area contributed by atoms with E-state index >= 15 is 0 Å². The lowest BCUT2D eigenvalue weighted by molar-refractivity contribution is -0.125. The van der Waals surface area contributed by atoms with Crippen LogP contribution in [0.3, 0.4) is 0 Å². The maximum atomic E-state index is 12.4. The van der Waals surface area contributed by atoms with Crippen molar-refractivity contribution < 1.29 is 17.9 Å². The summed E-state index contributed by atoms with van der Waals surface area (Å²) in [5, 5.41) is 0. The molecule has 1 amide bonds. The zero-order valence-electron chi connectivity index (χ0n) is 9.90. The first-order valence-electron chi connectivity index (χ1n) is 5.50. The van der Waals surface area contributed by atoms with E-state index in [-0.39, 0.29) is 19.8 Å². The first kappa shape index (κ1) is 13.7. The van der Waals surface area contributed by atoms with Crippen molar-refractivity contribution in [1.82, 2.24) is 9.29 Å². The van der Waals surface area contributed by atoms with Crippen LogP contribution in [0.25, 0.3) is 0 Å². The average molecular weight is 287 g/mol. The third-order valence-corrected chi connectivity index (χ3v) is 4.71. The summed E-state index contributed by atoms with van der Waals surface area (Å²) in [7, 11) is -4.08. The Labute approximate surface area is 109 Å². The van der Waals surface area contributed by atoms with E-state index in [2.05, 4.69) is 4.98 Å². The van der Waals surface area contributed by atoms with Crippen LogP contribution in [-0.4, -0.2) is 49.4 Å². The number of aromatic nitrogens is 1. The molecule has 1 aromatic rings. The third-order valence-electron chi connectivity index (χ3n) is 2.78. The van der Waals surface area contributed by atoms with Gasteiger partial charge in [-0.3, -0.25) is 9.59 Å². The number of H-pyrrole nitrogens is 1. The standard InChI is InChI=1S/C10H13N3O5S/c11-10(15)7-6-18-4-3-13(7)19(16,17)9-5-12-2-1-8(9)14/h1-2,5,7H,3-4,6H2,(H2,11,15)(H,12,14). The topological polar surface area (TPSA) is 123 Å². The largest absolute Gasteiger partial charge is 0.378 e. The third kappa shape index (κ3) is 2.53. The summed E-state index contributed by atoms with van der Waals surface area (Å²) in [4.78, 5) is 25.0. The maximum Gasteiger partial charge on any atom is 0.249 e. The van der Waals surface area contributed by atoms with Gasteiger partial charge in [0.1, 0.15) is 10.9 Å². The molecule has 1 saturated heterocycles. The number of nitrogens with zero attached hydrogens (tertiary/aromatic N) is 1. The Kier molecular flexibility index (Phi) is 3.69. The highest BCUT2D eigenvalue weighted by molar-refractivity contribution is 7.89. The van der Waals surface area contributed by atoms with E-state index in [1.807, 2.05) is 0 Å². The second-order valence-electron chi connectivity index (χ2n) is 3.98. The van der Waals surface area contributed by atoms with Gasteiger partial charge in [-0.05, 0) is 0 Å². The molecule has 0 aromatic carbocycles. The van der Waals surface area contributed by atoms with E-state index in [0.29, 0.717) is 0 Å². The molecule has 0 bridgehead atoms. The fraction of sp³-hybridized carbons (Fsp3) is 0.400. The number of morpholine rings is 1. The van der Waals surface area contributed by atoms with Gasteiger partial charge in [-0.1, -0.05) is 0 Å². The van der Waals surface area contributed by atoms with Gasteiger partial charge in [-0.2, -0.15) is 4.31 Å². The molecule has 8 nitrogen and oxygen atoms in total. The number of carbonyl (C=O) groups excluding carboxylic acids is 1. The van der Waals surface area contributed by atoms with Crippen LogP contribution in [0.1, 0.15) is 0 Å². The molecule has 2 rings (SSSR count). The summed E-state index contributed by atoms with van der Waals surface area (Å²) in [6.07, 6.45) is 2.41. The number of primary amides is 1. The smallest absolute Gasteiger partial charge is 0.249 e. The van der Waals surface area contributed by atoms with Crippen molar-refractivity contribution in [3.63, 3.8) is 0 Å². The molecule has 0 spiro atoms. The van der Waals surface area contributed by atoms with Gasteiger partial charge in [-0.25, -0.2) is 8.42 Å². The van der Waals surface area contributed by atoms with Crippen LogP contribution in [0.2, 0.25) is 0 Å². The van der Waals surface area contributed by atoms with Crippen LogP contribution >= 0.6 is 0 Å². The molecule has 0 saturated carbocycles. The van der Waals surface area contributed by atoms with Crippen molar-refractivity contribution in [2.75, 3.05) is 19.8 Å². The Morgan fingerprint density at radius 3 is 2.89 bits per heavy atom.